The summed E-state index contributed by atoms with van der Waals surface area (Å²) in [5.41, 5.74) is 5.41. The Labute approximate surface area is 118 Å². The van der Waals surface area contributed by atoms with Gasteiger partial charge in [-0.2, -0.15) is 0 Å². The molecule has 0 bridgehead atoms. The lowest BCUT2D eigenvalue weighted by molar-refractivity contribution is -0.128. The maximum absolute atomic E-state index is 12.5. The van der Waals surface area contributed by atoms with Crippen LogP contribution >= 0.6 is 11.3 Å². The number of nitrogens with two attached hydrogens (primary N) is 1. The van der Waals surface area contributed by atoms with E-state index in [4.69, 9.17) is 5.73 Å². The highest BCUT2D eigenvalue weighted by molar-refractivity contribution is 7.09. The number of hydrogen-bond donors (Lipinski definition) is 2. The average molecular weight is 281 g/mol. The van der Waals surface area contributed by atoms with E-state index in [1.165, 1.54) is 0 Å². The van der Waals surface area contributed by atoms with Crippen LogP contribution in [0.4, 0.5) is 0 Å². The molecule has 1 fully saturated rings. The van der Waals surface area contributed by atoms with Gasteiger partial charge < -0.3 is 11.1 Å². The molecule has 1 unspecified atom stereocenters. The van der Waals surface area contributed by atoms with E-state index < -0.39 is 0 Å². The Hall–Kier alpha value is -0.940. The number of rotatable bonds is 5. The van der Waals surface area contributed by atoms with Crippen LogP contribution in [0, 0.1) is 11.8 Å². The van der Waals surface area contributed by atoms with Crippen molar-refractivity contribution in [3.8, 4) is 0 Å². The molecule has 1 aromatic heterocycles. The molecular formula is C14H23N3OS. The monoisotopic (exact) mass is 281 g/mol. The van der Waals surface area contributed by atoms with Gasteiger partial charge in [-0.05, 0) is 38.6 Å². The van der Waals surface area contributed by atoms with Crippen molar-refractivity contribution in [1.82, 2.24) is 10.3 Å². The second kappa shape index (κ2) is 6.01. The number of nitrogens with one attached hydrogen (secondary N) is 1. The van der Waals surface area contributed by atoms with Crippen molar-refractivity contribution in [3.63, 3.8) is 0 Å². The normalized spacial score (nSPS) is 26.1. The number of thiazole rings is 1. The largest absolute Gasteiger partial charge is 0.344 e. The molecule has 1 aromatic rings. The molecular weight excluding hydrogens is 258 g/mol. The van der Waals surface area contributed by atoms with E-state index in [1.807, 2.05) is 5.38 Å². The van der Waals surface area contributed by atoms with Crippen molar-refractivity contribution < 1.29 is 4.79 Å². The average Bonchev–Trinajstić information content (AvgIpc) is 3.09. The van der Waals surface area contributed by atoms with Gasteiger partial charge in [-0.25, -0.2) is 4.98 Å². The lowest BCUT2D eigenvalue weighted by atomic mass is 9.92. The number of amides is 1. The van der Waals surface area contributed by atoms with Gasteiger partial charge in [0.15, 0.2) is 0 Å². The summed E-state index contributed by atoms with van der Waals surface area (Å²) in [5, 5.41) is 6.13. The second-order valence-electron chi connectivity index (χ2n) is 5.55. The fourth-order valence-corrected chi connectivity index (χ4v) is 3.65. The molecule has 1 aliphatic rings. The molecule has 1 saturated carbocycles. The van der Waals surface area contributed by atoms with E-state index in [-0.39, 0.29) is 17.4 Å². The summed E-state index contributed by atoms with van der Waals surface area (Å²) in [5.74, 6) is 0.570. The summed E-state index contributed by atoms with van der Waals surface area (Å²) in [6, 6.07) is 0. The molecule has 4 nitrogen and oxygen atoms in total. The Morgan fingerprint density at radius 1 is 1.63 bits per heavy atom. The van der Waals surface area contributed by atoms with Gasteiger partial charge in [-0.15, -0.1) is 11.3 Å². The fraction of sp³-hybridized carbons (Fsp3) is 0.714. The molecule has 2 rings (SSSR count). The third kappa shape index (κ3) is 2.98. The van der Waals surface area contributed by atoms with Crippen LogP contribution in [-0.2, 0) is 10.3 Å². The molecule has 3 atom stereocenters. The summed E-state index contributed by atoms with van der Waals surface area (Å²) < 4.78 is 0. The maximum atomic E-state index is 12.5. The molecule has 0 aromatic carbocycles. The Morgan fingerprint density at radius 2 is 2.42 bits per heavy atom. The van der Waals surface area contributed by atoms with Gasteiger partial charge in [0.1, 0.15) is 5.01 Å². The van der Waals surface area contributed by atoms with Crippen molar-refractivity contribution in [2.75, 3.05) is 6.54 Å². The zero-order valence-electron chi connectivity index (χ0n) is 11.7. The van der Waals surface area contributed by atoms with Crippen LogP contribution in [-0.4, -0.2) is 17.4 Å². The highest BCUT2D eigenvalue weighted by Gasteiger charge is 2.36. The molecule has 0 radical (unpaired) electrons. The minimum absolute atomic E-state index is 0.0795. The number of carbonyl (C=O) groups is 1. The minimum atomic E-state index is -0.354. The number of nitrogens with zero attached hydrogens (tertiary/aromatic N) is 1. The van der Waals surface area contributed by atoms with Crippen LogP contribution in [0.5, 0.6) is 0 Å². The molecule has 1 heterocycles. The first-order valence-electron chi connectivity index (χ1n) is 7.02. The molecule has 1 amide bonds. The molecule has 1 aliphatic carbocycles. The lowest BCUT2D eigenvalue weighted by Gasteiger charge is -2.30. The van der Waals surface area contributed by atoms with E-state index in [0.717, 1.165) is 30.7 Å². The summed E-state index contributed by atoms with van der Waals surface area (Å²) in [6.07, 6.45) is 5.78. The smallest absolute Gasteiger partial charge is 0.224 e. The highest BCUT2D eigenvalue weighted by Crippen LogP contribution is 2.33. The molecule has 5 heteroatoms. The zero-order valence-corrected chi connectivity index (χ0v) is 12.5. The predicted octanol–water partition coefficient (Wildman–Crippen LogP) is 2.26. The van der Waals surface area contributed by atoms with Crippen LogP contribution in [0.15, 0.2) is 11.6 Å². The molecule has 0 saturated heterocycles. The van der Waals surface area contributed by atoms with E-state index in [1.54, 1.807) is 17.5 Å². The maximum Gasteiger partial charge on any atom is 0.224 e. The first-order valence-corrected chi connectivity index (χ1v) is 7.90. The molecule has 19 heavy (non-hydrogen) atoms. The number of carbonyl (C=O) groups excluding carboxylic acids is 1. The highest BCUT2D eigenvalue weighted by atomic mass is 32.1. The van der Waals surface area contributed by atoms with Gasteiger partial charge in [0, 0.05) is 17.5 Å². The van der Waals surface area contributed by atoms with E-state index in [2.05, 4.69) is 24.1 Å². The van der Waals surface area contributed by atoms with Gasteiger partial charge in [-0.1, -0.05) is 13.3 Å². The van der Waals surface area contributed by atoms with Crippen molar-refractivity contribution in [2.24, 2.45) is 17.6 Å². The van der Waals surface area contributed by atoms with Crippen molar-refractivity contribution in [2.45, 2.75) is 45.1 Å². The number of hydrogen-bond acceptors (Lipinski definition) is 4. The summed E-state index contributed by atoms with van der Waals surface area (Å²) >= 11 is 1.60. The lowest BCUT2D eigenvalue weighted by Crippen LogP contribution is -2.47. The summed E-state index contributed by atoms with van der Waals surface area (Å²) in [4.78, 5) is 16.9. The van der Waals surface area contributed by atoms with Gasteiger partial charge >= 0.3 is 0 Å². The number of aromatic nitrogens is 1. The standard InChI is InChI=1S/C14H23N3OS/c1-3-14(2,13-16-7-8-19-13)17-12(18)11-6-4-5-10(11)9-15/h7-8,10-11H,3-6,9,15H2,1-2H3,(H,17,18)/t10-,11-,14?/m1/s1. The van der Waals surface area contributed by atoms with Crippen molar-refractivity contribution in [1.29, 1.82) is 0 Å². The first-order chi connectivity index (χ1) is 9.10. The Kier molecular flexibility index (Phi) is 4.58. The van der Waals surface area contributed by atoms with E-state index in [9.17, 15) is 4.79 Å². The molecule has 0 aliphatic heterocycles. The molecule has 3 N–H and O–H groups in total. The third-order valence-electron chi connectivity index (χ3n) is 4.31. The van der Waals surface area contributed by atoms with Crippen LogP contribution in [0.3, 0.4) is 0 Å². The quantitative estimate of drug-likeness (QED) is 0.870. The van der Waals surface area contributed by atoms with E-state index in [0.29, 0.717) is 12.5 Å². The van der Waals surface area contributed by atoms with Crippen LogP contribution in [0.25, 0.3) is 0 Å². The van der Waals surface area contributed by atoms with Gasteiger partial charge in [0.2, 0.25) is 5.91 Å². The van der Waals surface area contributed by atoms with Gasteiger partial charge in [0.25, 0.3) is 0 Å². The second-order valence-corrected chi connectivity index (χ2v) is 6.44. The summed E-state index contributed by atoms with van der Waals surface area (Å²) in [6.45, 7) is 4.74. The van der Waals surface area contributed by atoms with Gasteiger partial charge in [0.05, 0.1) is 5.54 Å². The summed E-state index contributed by atoms with van der Waals surface area (Å²) in [7, 11) is 0. The topological polar surface area (TPSA) is 68.0 Å². The third-order valence-corrected chi connectivity index (χ3v) is 5.35. The Morgan fingerprint density at radius 3 is 3.00 bits per heavy atom. The minimum Gasteiger partial charge on any atom is -0.344 e. The van der Waals surface area contributed by atoms with Gasteiger partial charge in [-0.3, -0.25) is 4.79 Å². The van der Waals surface area contributed by atoms with Crippen LogP contribution < -0.4 is 11.1 Å². The first kappa shape index (κ1) is 14.5. The Bertz CT molecular complexity index is 420. The SMILES string of the molecule is CCC(C)(NC(=O)[C@@H]1CCC[C@@H]1CN)c1nccs1. The van der Waals surface area contributed by atoms with Crippen molar-refractivity contribution >= 4 is 17.2 Å². The van der Waals surface area contributed by atoms with E-state index >= 15 is 0 Å². The van der Waals surface area contributed by atoms with Crippen molar-refractivity contribution in [3.05, 3.63) is 16.6 Å². The molecule has 106 valence electrons. The Balaban J connectivity index is 2.08. The van der Waals surface area contributed by atoms with Crippen LogP contribution in [0.2, 0.25) is 0 Å². The predicted molar refractivity (Wildman–Crippen MR) is 77.8 cm³/mol. The fourth-order valence-electron chi connectivity index (χ4n) is 2.82. The van der Waals surface area contributed by atoms with Crippen LogP contribution in [0.1, 0.15) is 44.5 Å². The zero-order chi connectivity index (χ0) is 13.9. The molecule has 0 spiro atoms.